The Balaban J connectivity index is 1.46. The first kappa shape index (κ1) is 18.4. The maximum atomic E-state index is 15.1. The fourth-order valence-corrected chi connectivity index (χ4v) is 4.85. The SMILES string of the molecule is O[C@@H]1CCCC[C@H]1Nc1nc2c(F)cc(Cc3nc4ncccc4[nH]3)c(F)c2s1. The summed E-state index contributed by atoms with van der Waals surface area (Å²) in [6.45, 7) is 0. The van der Waals surface area contributed by atoms with Crippen molar-refractivity contribution in [1.82, 2.24) is 19.9 Å². The third-order valence-corrected chi connectivity index (χ3v) is 6.32. The molecule has 0 bridgehead atoms. The lowest BCUT2D eigenvalue weighted by molar-refractivity contribution is 0.116. The van der Waals surface area contributed by atoms with E-state index in [1.807, 2.05) is 6.07 Å². The summed E-state index contributed by atoms with van der Waals surface area (Å²) in [7, 11) is 0. The minimum absolute atomic E-state index is 0.00956. The zero-order valence-corrected chi connectivity index (χ0v) is 16.3. The molecule has 3 aromatic heterocycles. The highest BCUT2D eigenvalue weighted by Gasteiger charge is 2.25. The number of aliphatic hydroxyl groups is 1. The number of nitrogens with zero attached hydrogens (tertiary/aromatic N) is 3. The van der Waals surface area contributed by atoms with Crippen LogP contribution in [-0.2, 0) is 6.42 Å². The standard InChI is InChI=1S/C20H19F2N5OS/c21-11-8-10(9-15-24-13-5-3-7-23-19(13)26-15)16(22)18-17(11)27-20(29-18)25-12-4-1-2-6-14(12)28/h3,5,7-8,12,14,28H,1-2,4,6,9H2,(H,25,27)(H,23,24,26)/t12-,14-/m1/s1. The highest BCUT2D eigenvalue weighted by Crippen LogP contribution is 2.34. The van der Waals surface area contributed by atoms with Crippen molar-refractivity contribution < 1.29 is 13.9 Å². The van der Waals surface area contributed by atoms with E-state index in [9.17, 15) is 9.50 Å². The summed E-state index contributed by atoms with van der Waals surface area (Å²) in [4.78, 5) is 15.8. The summed E-state index contributed by atoms with van der Waals surface area (Å²) in [6, 6.07) is 4.65. The largest absolute Gasteiger partial charge is 0.391 e. The predicted molar refractivity (Wildman–Crippen MR) is 108 cm³/mol. The maximum absolute atomic E-state index is 15.1. The Morgan fingerprint density at radius 2 is 2.10 bits per heavy atom. The minimum atomic E-state index is -0.570. The topological polar surface area (TPSA) is 86.7 Å². The lowest BCUT2D eigenvalue weighted by atomic mass is 9.93. The summed E-state index contributed by atoms with van der Waals surface area (Å²) >= 11 is 1.07. The van der Waals surface area contributed by atoms with Crippen LogP contribution >= 0.6 is 11.3 Å². The highest BCUT2D eigenvalue weighted by atomic mass is 32.1. The second-order valence-corrected chi connectivity index (χ2v) is 8.36. The molecule has 0 aliphatic heterocycles. The molecule has 0 unspecified atom stereocenters. The summed E-state index contributed by atoms with van der Waals surface area (Å²) in [5.41, 5.74) is 1.51. The summed E-state index contributed by atoms with van der Waals surface area (Å²) < 4.78 is 30.0. The molecule has 3 N–H and O–H groups in total. The molecule has 2 atom stereocenters. The van der Waals surface area contributed by atoms with Gasteiger partial charge in [0.05, 0.1) is 22.4 Å². The molecular weight excluding hydrogens is 396 g/mol. The number of pyridine rings is 1. The monoisotopic (exact) mass is 415 g/mol. The third kappa shape index (κ3) is 3.44. The van der Waals surface area contributed by atoms with Gasteiger partial charge >= 0.3 is 0 Å². The first-order valence-electron chi connectivity index (χ1n) is 9.60. The normalized spacial score (nSPS) is 19.8. The number of rotatable bonds is 4. The average molecular weight is 415 g/mol. The number of anilines is 1. The Morgan fingerprint density at radius 3 is 2.93 bits per heavy atom. The molecule has 1 aromatic carbocycles. The van der Waals surface area contributed by atoms with Gasteiger partial charge in [0, 0.05) is 12.6 Å². The number of thiazole rings is 1. The minimum Gasteiger partial charge on any atom is -0.391 e. The molecule has 9 heteroatoms. The van der Waals surface area contributed by atoms with Gasteiger partial charge in [-0.15, -0.1) is 0 Å². The number of nitrogens with one attached hydrogen (secondary N) is 2. The van der Waals surface area contributed by atoms with Crippen molar-refractivity contribution in [3.05, 3.63) is 47.4 Å². The van der Waals surface area contributed by atoms with Gasteiger partial charge in [-0.05, 0) is 36.6 Å². The fourth-order valence-electron chi connectivity index (χ4n) is 3.85. The molecule has 4 aromatic rings. The lowest BCUT2D eigenvalue weighted by Gasteiger charge is -2.27. The van der Waals surface area contributed by atoms with Gasteiger partial charge in [-0.25, -0.2) is 23.7 Å². The summed E-state index contributed by atoms with van der Waals surface area (Å²) in [5, 5.41) is 13.7. The van der Waals surface area contributed by atoms with Crippen LogP contribution in [0.1, 0.15) is 37.1 Å². The smallest absolute Gasteiger partial charge is 0.184 e. The van der Waals surface area contributed by atoms with Crippen LogP contribution in [0, 0.1) is 11.6 Å². The number of aromatic amines is 1. The van der Waals surface area contributed by atoms with E-state index < -0.39 is 17.7 Å². The molecule has 1 aliphatic carbocycles. The highest BCUT2D eigenvalue weighted by molar-refractivity contribution is 7.22. The van der Waals surface area contributed by atoms with E-state index in [1.54, 1.807) is 12.3 Å². The molecule has 29 heavy (non-hydrogen) atoms. The van der Waals surface area contributed by atoms with Crippen LogP contribution in [0.2, 0.25) is 0 Å². The second-order valence-electron chi connectivity index (χ2n) is 7.37. The Hall–Kier alpha value is -2.65. The van der Waals surface area contributed by atoms with Crippen molar-refractivity contribution in [2.75, 3.05) is 5.32 Å². The van der Waals surface area contributed by atoms with Gasteiger partial charge < -0.3 is 15.4 Å². The van der Waals surface area contributed by atoms with Gasteiger partial charge in [0.2, 0.25) is 0 Å². The summed E-state index contributed by atoms with van der Waals surface area (Å²) in [5.74, 6) is -0.548. The Morgan fingerprint density at radius 1 is 1.24 bits per heavy atom. The average Bonchev–Trinajstić information content (AvgIpc) is 3.32. The molecule has 0 spiro atoms. The summed E-state index contributed by atoms with van der Waals surface area (Å²) in [6.07, 6.45) is 4.82. The first-order valence-corrected chi connectivity index (χ1v) is 10.4. The molecule has 1 saturated carbocycles. The van der Waals surface area contributed by atoms with Gasteiger partial charge in [0.25, 0.3) is 0 Å². The van der Waals surface area contributed by atoms with Crippen molar-refractivity contribution in [3.8, 4) is 0 Å². The van der Waals surface area contributed by atoms with Crippen LogP contribution in [0.15, 0.2) is 24.4 Å². The lowest BCUT2D eigenvalue weighted by Crippen LogP contribution is -2.36. The molecule has 150 valence electrons. The van der Waals surface area contributed by atoms with Crippen LogP contribution in [-0.4, -0.2) is 37.2 Å². The predicted octanol–water partition coefficient (Wildman–Crippen LogP) is 4.15. The number of hydrogen-bond donors (Lipinski definition) is 3. The maximum Gasteiger partial charge on any atom is 0.184 e. The molecular formula is C20H19F2N5OS. The number of H-pyrrole nitrogens is 1. The van der Waals surface area contributed by atoms with E-state index in [-0.39, 0.29) is 28.2 Å². The zero-order valence-electron chi connectivity index (χ0n) is 15.5. The number of halogens is 2. The number of hydrogen-bond acceptors (Lipinski definition) is 6. The molecule has 3 heterocycles. The van der Waals surface area contributed by atoms with Gasteiger partial charge in [-0.2, -0.15) is 0 Å². The van der Waals surface area contributed by atoms with Gasteiger partial charge in [0.15, 0.2) is 16.6 Å². The van der Waals surface area contributed by atoms with E-state index in [2.05, 4.69) is 25.3 Å². The van der Waals surface area contributed by atoms with Crippen LogP contribution in [0.5, 0.6) is 0 Å². The van der Waals surface area contributed by atoms with Gasteiger partial charge in [-0.1, -0.05) is 24.2 Å². The fraction of sp³-hybridized carbons (Fsp3) is 0.350. The number of benzene rings is 1. The van der Waals surface area contributed by atoms with Crippen molar-refractivity contribution in [2.24, 2.45) is 0 Å². The van der Waals surface area contributed by atoms with E-state index in [0.29, 0.717) is 16.6 Å². The molecule has 0 radical (unpaired) electrons. The Kier molecular flexibility index (Phi) is 4.63. The van der Waals surface area contributed by atoms with E-state index in [4.69, 9.17) is 0 Å². The first-order chi connectivity index (χ1) is 14.1. The molecule has 0 saturated heterocycles. The van der Waals surface area contributed by atoms with E-state index >= 15 is 4.39 Å². The Bertz CT molecular complexity index is 1160. The van der Waals surface area contributed by atoms with E-state index in [1.165, 1.54) is 6.07 Å². The van der Waals surface area contributed by atoms with Crippen LogP contribution in [0.4, 0.5) is 13.9 Å². The number of fused-ring (bicyclic) bond motifs is 2. The van der Waals surface area contributed by atoms with Crippen molar-refractivity contribution in [2.45, 2.75) is 44.2 Å². The van der Waals surface area contributed by atoms with Gasteiger partial charge in [0.1, 0.15) is 17.2 Å². The van der Waals surface area contributed by atoms with Crippen molar-refractivity contribution in [3.63, 3.8) is 0 Å². The quantitative estimate of drug-likeness (QED) is 0.466. The van der Waals surface area contributed by atoms with Crippen LogP contribution in [0.3, 0.4) is 0 Å². The number of aliphatic hydroxyl groups excluding tert-OH is 1. The second kappa shape index (κ2) is 7.31. The number of aromatic nitrogens is 4. The van der Waals surface area contributed by atoms with E-state index in [0.717, 1.165) is 42.5 Å². The third-order valence-electron chi connectivity index (χ3n) is 5.34. The Labute approximate surface area is 169 Å². The molecule has 5 rings (SSSR count). The molecule has 6 nitrogen and oxygen atoms in total. The van der Waals surface area contributed by atoms with Crippen LogP contribution < -0.4 is 5.32 Å². The number of imidazole rings is 1. The van der Waals surface area contributed by atoms with Crippen LogP contribution in [0.25, 0.3) is 21.4 Å². The zero-order chi connectivity index (χ0) is 20.0. The molecule has 1 aliphatic rings. The van der Waals surface area contributed by atoms with Crippen molar-refractivity contribution >= 4 is 37.8 Å². The molecule has 0 amide bonds. The molecule has 1 fully saturated rings. The van der Waals surface area contributed by atoms with Gasteiger partial charge in [-0.3, -0.25) is 0 Å². The van der Waals surface area contributed by atoms with Crippen molar-refractivity contribution in [1.29, 1.82) is 0 Å².